The lowest BCUT2D eigenvalue weighted by molar-refractivity contribution is 0.597. The molecule has 1 heterocycles. The van der Waals surface area contributed by atoms with Gasteiger partial charge in [-0.15, -0.1) is 0 Å². The molecular formula is C19H21BrN6O4S2. The molecule has 0 saturated carbocycles. The maximum absolute atomic E-state index is 11.8. The molecule has 0 unspecified atom stereocenters. The minimum Gasteiger partial charge on any atom is -0.365 e. The lowest BCUT2D eigenvalue weighted by Crippen LogP contribution is -2.24. The SMILES string of the molecule is CN(c1cccc(CNc2nc(Nc3ccc(S(N)(=O)=O)cc3)ncc2Br)c1)S(C)(=O)=O. The minimum atomic E-state index is -3.77. The van der Waals surface area contributed by atoms with Crippen molar-refractivity contribution < 1.29 is 16.8 Å². The van der Waals surface area contributed by atoms with E-state index in [1.165, 1.54) is 23.5 Å². The molecule has 0 aliphatic carbocycles. The molecule has 3 rings (SSSR count). The van der Waals surface area contributed by atoms with E-state index in [2.05, 4.69) is 36.5 Å². The summed E-state index contributed by atoms with van der Waals surface area (Å²) in [4.78, 5) is 8.63. The number of primary sulfonamides is 1. The van der Waals surface area contributed by atoms with E-state index < -0.39 is 20.0 Å². The first-order valence-corrected chi connectivity index (χ1v) is 13.3. The van der Waals surface area contributed by atoms with Gasteiger partial charge in [0.1, 0.15) is 5.82 Å². The number of hydrogen-bond acceptors (Lipinski definition) is 8. The highest BCUT2D eigenvalue weighted by Crippen LogP contribution is 2.24. The Labute approximate surface area is 195 Å². The smallest absolute Gasteiger partial charge is 0.238 e. The number of nitrogens with zero attached hydrogens (tertiary/aromatic N) is 3. The molecule has 13 heteroatoms. The van der Waals surface area contributed by atoms with Crippen molar-refractivity contribution in [2.24, 2.45) is 5.14 Å². The van der Waals surface area contributed by atoms with E-state index in [0.29, 0.717) is 34.2 Å². The number of benzene rings is 2. The van der Waals surface area contributed by atoms with Gasteiger partial charge < -0.3 is 10.6 Å². The molecule has 32 heavy (non-hydrogen) atoms. The molecular weight excluding hydrogens is 520 g/mol. The van der Waals surface area contributed by atoms with Crippen LogP contribution in [-0.2, 0) is 26.6 Å². The summed E-state index contributed by atoms with van der Waals surface area (Å²) in [5, 5.41) is 11.3. The van der Waals surface area contributed by atoms with Crippen LogP contribution in [0, 0.1) is 0 Å². The van der Waals surface area contributed by atoms with Crippen molar-refractivity contribution in [1.29, 1.82) is 0 Å². The average Bonchev–Trinajstić information content (AvgIpc) is 2.73. The summed E-state index contributed by atoms with van der Waals surface area (Å²) in [6, 6.07) is 13.0. The molecule has 3 aromatic rings. The Morgan fingerprint density at radius 2 is 1.78 bits per heavy atom. The molecule has 4 N–H and O–H groups in total. The number of hydrogen-bond donors (Lipinski definition) is 3. The maximum Gasteiger partial charge on any atom is 0.238 e. The van der Waals surface area contributed by atoms with E-state index in [0.717, 1.165) is 11.8 Å². The van der Waals surface area contributed by atoms with Crippen LogP contribution in [0.25, 0.3) is 0 Å². The Morgan fingerprint density at radius 1 is 1.09 bits per heavy atom. The number of nitrogens with two attached hydrogens (primary N) is 1. The summed E-state index contributed by atoms with van der Waals surface area (Å²) < 4.78 is 48.1. The lowest BCUT2D eigenvalue weighted by atomic mass is 10.2. The van der Waals surface area contributed by atoms with Crippen molar-refractivity contribution in [3.63, 3.8) is 0 Å². The predicted octanol–water partition coefficient (Wildman–Crippen LogP) is 2.64. The van der Waals surface area contributed by atoms with Crippen molar-refractivity contribution in [2.75, 3.05) is 28.2 Å². The second-order valence-electron chi connectivity index (χ2n) is 6.84. The van der Waals surface area contributed by atoms with E-state index in [1.807, 2.05) is 6.07 Å². The normalized spacial score (nSPS) is 11.8. The molecule has 10 nitrogen and oxygen atoms in total. The Kier molecular flexibility index (Phi) is 7.03. The molecule has 1 aromatic heterocycles. The van der Waals surface area contributed by atoms with Crippen molar-refractivity contribution >= 4 is 59.1 Å². The number of nitrogens with one attached hydrogen (secondary N) is 2. The fourth-order valence-electron chi connectivity index (χ4n) is 2.65. The summed E-state index contributed by atoms with van der Waals surface area (Å²) >= 11 is 3.40. The van der Waals surface area contributed by atoms with Gasteiger partial charge in [-0.25, -0.2) is 27.0 Å². The van der Waals surface area contributed by atoms with Gasteiger partial charge in [-0.3, -0.25) is 4.31 Å². The Bertz CT molecular complexity index is 1330. The third kappa shape index (κ3) is 6.16. The van der Waals surface area contributed by atoms with Gasteiger partial charge in [-0.1, -0.05) is 12.1 Å². The van der Waals surface area contributed by atoms with Gasteiger partial charge in [0.15, 0.2) is 0 Å². The van der Waals surface area contributed by atoms with Crippen LogP contribution in [0.4, 0.5) is 23.1 Å². The van der Waals surface area contributed by atoms with E-state index in [9.17, 15) is 16.8 Å². The quantitative estimate of drug-likeness (QED) is 0.394. The van der Waals surface area contributed by atoms with E-state index >= 15 is 0 Å². The van der Waals surface area contributed by atoms with Gasteiger partial charge in [0.05, 0.1) is 21.3 Å². The van der Waals surface area contributed by atoms with E-state index in [-0.39, 0.29) is 4.90 Å². The number of halogens is 1. The minimum absolute atomic E-state index is 0.00544. The van der Waals surface area contributed by atoms with Crippen LogP contribution < -0.4 is 20.1 Å². The second-order valence-corrected chi connectivity index (χ2v) is 11.3. The van der Waals surface area contributed by atoms with Crippen LogP contribution in [-0.4, -0.2) is 40.1 Å². The van der Waals surface area contributed by atoms with Crippen LogP contribution in [0.1, 0.15) is 5.56 Å². The predicted molar refractivity (Wildman–Crippen MR) is 128 cm³/mol. The largest absolute Gasteiger partial charge is 0.365 e. The van der Waals surface area contributed by atoms with Crippen molar-refractivity contribution in [3.05, 3.63) is 64.8 Å². The third-order valence-electron chi connectivity index (χ3n) is 4.41. The molecule has 0 radical (unpaired) electrons. The van der Waals surface area contributed by atoms with E-state index in [1.54, 1.807) is 36.5 Å². The summed E-state index contributed by atoms with van der Waals surface area (Å²) in [6.07, 6.45) is 2.72. The molecule has 0 aliphatic heterocycles. The summed E-state index contributed by atoms with van der Waals surface area (Å²) in [5.41, 5.74) is 2.00. The molecule has 0 fully saturated rings. The second kappa shape index (κ2) is 9.40. The zero-order chi connectivity index (χ0) is 23.5. The maximum atomic E-state index is 11.8. The van der Waals surface area contributed by atoms with Crippen molar-refractivity contribution in [3.8, 4) is 0 Å². The summed E-state index contributed by atoms with van der Waals surface area (Å²) in [6.45, 7) is 0.392. The van der Waals surface area contributed by atoms with Crippen LogP contribution in [0.3, 0.4) is 0 Å². The molecule has 0 atom stereocenters. The number of anilines is 4. The van der Waals surface area contributed by atoms with Gasteiger partial charge in [-0.05, 0) is 57.9 Å². The van der Waals surface area contributed by atoms with Crippen LogP contribution in [0.2, 0.25) is 0 Å². The van der Waals surface area contributed by atoms with Crippen LogP contribution in [0.15, 0.2) is 64.1 Å². The molecule has 0 amide bonds. The molecule has 170 valence electrons. The number of rotatable bonds is 8. The topological polar surface area (TPSA) is 147 Å². The third-order valence-corrected chi connectivity index (χ3v) is 7.13. The lowest BCUT2D eigenvalue weighted by Gasteiger charge is -2.17. The van der Waals surface area contributed by atoms with Gasteiger partial charge in [0.2, 0.25) is 26.0 Å². The number of aromatic nitrogens is 2. The summed E-state index contributed by atoms with van der Waals surface area (Å²) in [7, 11) is -5.63. The van der Waals surface area contributed by atoms with Crippen molar-refractivity contribution in [2.45, 2.75) is 11.4 Å². The average molecular weight is 541 g/mol. The van der Waals surface area contributed by atoms with Gasteiger partial charge in [-0.2, -0.15) is 4.98 Å². The molecule has 0 spiro atoms. The standard InChI is InChI=1S/C19H21BrN6O4S2/c1-26(31(2,27)28)15-5-3-4-13(10-15)11-22-18-17(20)12-23-19(25-18)24-14-6-8-16(9-7-14)32(21,29)30/h3-10,12H,11H2,1-2H3,(H2,21,29,30)(H2,22,23,24,25). The van der Waals surface area contributed by atoms with Crippen molar-refractivity contribution in [1.82, 2.24) is 9.97 Å². The molecule has 2 aromatic carbocycles. The Hall–Kier alpha value is -2.74. The Morgan fingerprint density at radius 3 is 2.41 bits per heavy atom. The highest BCUT2D eigenvalue weighted by atomic mass is 79.9. The monoisotopic (exact) mass is 540 g/mol. The van der Waals surface area contributed by atoms with E-state index in [4.69, 9.17) is 5.14 Å². The number of sulfonamides is 2. The van der Waals surface area contributed by atoms with Crippen LogP contribution in [0.5, 0.6) is 0 Å². The first kappa shape index (κ1) is 23.9. The first-order chi connectivity index (χ1) is 14.9. The van der Waals surface area contributed by atoms with Crippen LogP contribution >= 0.6 is 15.9 Å². The van der Waals surface area contributed by atoms with Gasteiger partial charge in [0.25, 0.3) is 0 Å². The molecule has 0 saturated heterocycles. The molecule has 0 bridgehead atoms. The highest BCUT2D eigenvalue weighted by molar-refractivity contribution is 9.10. The summed E-state index contributed by atoms with van der Waals surface area (Å²) in [5.74, 6) is 0.815. The first-order valence-electron chi connectivity index (χ1n) is 9.12. The van der Waals surface area contributed by atoms with Gasteiger partial charge >= 0.3 is 0 Å². The zero-order valence-electron chi connectivity index (χ0n) is 17.1. The Balaban J connectivity index is 1.73. The van der Waals surface area contributed by atoms with Gasteiger partial charge in [0, 0.05) is 25.5 Å². The highest BCUT2D eigenvalue weighted by Gasteiger charge is 2.13. The molecule has 0 aliphatic rings. The fourth-order valence-corrected chi connectivity index (χ4v) is 3.99. The fraction of sp³-hybridized carbons (Fsp3) is 0.158. The zero-order valence-corrected chi connectivity index (χ0v) is 20.4.